The number of nitrogens with one attached hydrogen (secondary N) is 2. The lowest BCUT2D eigenvalue weighted by Gasteiger charge is -2.34. The summed E-state index contributed by atoms with van der Waals surface area (Å²) in [6.07, 6.45) is 0. The van der Waals surface area contributed by atoms with Crippen molar-refractivity contribution in [2.45, 2.75) is 19.5 Å². The summed E-state index contributed by atoms with van der Waals surface area (Å²) in [6.45, 7) is 7.31. The Morgan fingerprint density at radius 2 is 1.65 bits per heavy atom. The summed E-state index contributed by atoms with van der Waals surface area (Å²) >= 11 is 5.96. The minimum absolute atomic E-state index is 0.0164. The van der Waals surface area contributed by atoms with Gasteiger partial charge in [-0.25, -0.2) is 0 Å². The minimum Gasteiger partial charge on any atom is -0.322 e. The smallest absolute Gasteiger partial charge is 0.284 e. The van der Waals surface area contributed by atoms with Gasteiger partial charge in [-0.1, -0.05) is 41.9 Å². The number of nitrogens with zero attached hydrogens (tertiary/aromatic N) is 1. The Kier molecular flexibility index (Phi) is 6.30. The Morgan fingerprint density at radius 3 is 2.27 bits per heavy atom. The van der Waals surface area contributed by atoms with Gasteiger partial charge in [0.1, 0.15) is 32.7 Å². The van der Waals surface area contributed by atoms with E-state index in [0.29, 0.717) is 0 Å². The zero-order chi connectivity index (χ0) is 18.5. The first-order chi connectivity index (χ1) is 12.5. The highest BCUT2D eigenvalue weighted by Crippen LogP contribution is 2.11. The topological polar surface area (TPSA) is 29.2 Å². The number of hydrogen-bond acceptors (Lipinski definition) is 1. The lowest BCUT2D eigenvalue weighted by molar-refractivity contribution is -1.02. The van der Waals surface area contributed by atoms with Crippen molar-refractivity contribution in [1.29, 1.82) is 0 Å². The first-order valence-electron chi connectivity index (χ1n) is 9.30. The van der Waals surface area contributed by atoms with Crippen LogP contribution in [-0.2, 0) is 11.3 Å². The van der Waals surface area contributed by atoms with E-state index in [2.05, 4.69) is 19.1 Å². The first-order valence-corrected chi connectivity index (χ1v) is 9.67. The number of hydrogen-bond donors (Lipinski definition) is 2. The Hall–Kier alpha value is -1.88. The molecule has 1 aliphatic heterocycles. The van der Waals surface area contributed by atoms with Gasteiger partial charge in [-0.05, 0) is 31.2 Å². The third-order valence-corrected chi connectivity index (χ3v) is 5.68. The van der Waals surface area contributed by atoms with Gasteiger partial charge in [0.2, 0.25) is 0 Å². The Labute approximate surface area is 161 Å². The van der Waals surface area contributed by atoms with E-state index in [0.717, 1.165) is 43.4 Å². The molecule has 0 radical (unpaired) electrons. The number of benzene rings is 2. The third-order valence-electron chi connectivity index (χ3n) is 5.42. The van der Waals surface area contributed by atoms with Crippen molar-refractivity contribution >= 4 is 23.2 Å². The summed E-state index contributed by atoms with van der Waals surface area (Å²) in [4.78, 5) is 17.6. The zero-order valence-corrected chi connectivity index (χ0v) is 16.3. The molecule has 3 rings (SSSR count). The molecule has 26 heavy (non-hydrogen) atoms. The summed E-state index contributed by atoms with van der Waals surface area (Å²) < 4.78 is 0. The van der Waals surface area contributed by atoms with E-state index in [-0.39, 0.29) is 11.9 Å². The lowest BCUT2D eigenvalue weighted by atomic mass is 10.1. The molecule has 0 saturated carbocycles. The molecule has 1 heterocycles. The van der Waals surface area contributed by atoms with Crippen LogP contribution in [0.2, 0.25) is 5.02 Å². The molecule has 1 amide bonds. The molecule has 0 unspecified atom stereocenters. The molecule has 1 atom stereocenters. The van der Waals surface area contributed by atoms with Crippen molar-refractivity contribution in [2.24, 2.45) is 0 Å². The molecule has 138 valence electrons. The second kappa shape index (κ2) is 8.67. The Morgan fingerprint density at radius 1 is 1.04 bits per heavy atom. The maximum atomic E-state index is 12.8. The van der Waals surface area contributed by atoms with Crippen molar-refractivity contribution in [1.82, 2.24) is 0 Å². The van der Waals surface area contributed by atoms with Gasteiger partial charge < -0.3 is 14.7 Å². The number of likely N-dealkylation sites (N-methyl/N-ethyl adjacent to an activating group) is 1. The number of halogens is 1. The van der Waals surface area contributed by atoms with Crippen LogP contribution >= 0.6 is 11.6 Å². The van der Waals surface area contributed by atoms with E-state index < -0.39 is 0 Å². The summed E-state index contributed by atoms with van der Waals surface area (Å²) in [5.41, 5.74) is 2.27. The van der Waals surface area contributed by atoms with Gasteiger partial charge in [-0.15, -0.1) is 0 Å². The Bertz CT molecular complexity index is 712. The summed E-state index contributed by atoms with van der Waals surface area (Å²) in [5, 5.41) is 0.785. The fourth-order valence-corrected chi connectivity index (χ4v) is 3.80. The van der Waals surface area contributed by atoms with Gasteiger partial charge in [0.05, 0.1) is 0 Å². The predicted octanol–water partition coefficient (Wildman–Crippen LogP) is 0.675. The molecule has 0 aromatic heterocycles. The average Bonchev–Trinajstić information content (AvgIpc) is 2.69. The van der Waals surface area contributed by atoms with Crippen molar-refractivity contribution in [3.8, 4) is 0 Å². The molecule has 1 fully saturated rings. The second-order valence-corrected chi connectivity index (χ2v) is 7.60. The van der Waals surface area contributed by atoms with Gasteiger partial charge in [0.25, 0.3) is 5.91 Å². The van der Waals surface area contributed by atoms with Crippen LogP contribution in [0.3, 0.4) is 0 Å². The fourth-order valence-electron chi connectivity index (χ4n) is 3.67. The van der Waals surface area contributed by atoms with Crippen molar-refractivity contribution in [3.63, 3.8) is 0 Å². The molecule has 0 aliphatic carbocycles. The van der Waals surface area contributed by atoms with Crippen LogP contribution in [-0.4, -0.2) is 45.2 Å². The van der Waals surface area contributed by atoms with E-state index in [1.54, 1.807) is 9.80 Å². The monoisotopic (exact) mass is 373 g/mol. The molecule has 0 bridgehead atoms. The van der Waals surface area contributed by atoms with Crippen LogP contribution in [0, 0.1) is 0 Å². The number of anilines is 1. The van der Waals surface area contributed by atoms with Gasteiger partial charge in [-0.3, -0.25) is 4.79 Å². The number of rotatable bonds is 5. The quantitative estimate of drug-likeness (QED) is 0.792. The van der Waals surface area contributed by atoms with Crippen LogP contribution in [0.1, 0.15) is 12.5 Å². The molecule has 1 aliphatic rings. The number of amides is 1. The molecule has 0 spiro atoms. The molecule has 2 N–H and O–H groups in total. The maximum absolute atomic E-state index is 12.8. The van der Waals surface area contributed by atoms with E-state index >= 15 is 0 Å². The normalized spacial score (nSPS) is 21.2. The summed E-state index contributed by atoms with van der Waals surface area (Å²) in [5.74, 6) is 0.187. The summed E-state index contributed by atoms with van der Waals surface area (Å²) in [6, 6.07) is 18.0. The van der Waals surface area contributed by atoms with Crippen molar-refractivity contribution in [3.05, 3.63) is 65.2 Å². The number of para-hydroxylation sites is 1. The van der Waals surface area contributed by atoms with Crippen molar-refractivity contribution in [2.75, 3.05) is 38.1 Å². The largest absolute Gasteiger partial charge is 0.322 e. The van der Waals surface area contributed by atoms with Crippen LogP contribution in [0.4, 0.5) is 5.69 Å². The molecule has 4 nitrogen and oxygen atoms in total. The SMILES string of the molecule is C[C@H](C(=O)N(C)c1ccccc1)[NH+]1CC[NH+](Cc2ccc(Cl)cc2)CC1. The minimum atomic E-state index is -0.0164. The van der Waals surface area contributed by atoms with Crippen LogP contribution in [0.25, 0.3) is 0 Å². The molecule has 2 aromatic rings. The third kappa shape index (κ3) is 4.64. The standard InChI is InChI=1S/C21H26ClN3O/c1-17(21(26)23(2)20-6-4-3-5-7-20)25-14-12-24(13-15-25)16-18-8-10-19(22)11-9-18/h3-11,17H,12-16H2,1-2H3/p+2/t17-/m1/s1. The van der Waals surface area contributed by atoms with Crippen LogP contribution in [0.15, 0.2) is 54.6 Å². The van der Waals surface area contributed by atoms with E-state index in [1.807, 2.05) is 49.5 Å². The highest BCUT2D eigenvalue weighted by atomic mass is 35.5. The highest BCUT2D eigenvalue weighted by molar-refractivity contribution is 6.30. The number of piperazine rings is 1. The van der Waals surface area contributed by atoms with Gasteiger partial charge in [-0.2, -0.15) is 0 Å². The van der Waals surface area contributed by atoms with Crippen molar-refractivity contribution < 1.29 is 14.6 Å². The van der Waals surface area contributed by atoms with E-state index in [1.165, 1.54) is 10.5 Å². The van der Waals surface area contributed by atoms with Gasteiger partial charge >= 0.3 is 0 Å². The second-order valence-electron chi connectivity index (χ2n) is 7.17. The highest BCUT2D eigenvalue weighted by Gasteiger charge is 2.32. The molecule has 2 aromatic carbocycles. The molecule has 1 saturated heterocycles. The van der Waals surface area contributed by atoms with E-state index in [9.17, 15) is 4.79 Å². The van der Waals surface area contributed by atoms with Crippen LogP contribution < -0.4 is 14.7 Å². The molecular weight excluding hydrogens is 346 g/mol. The Balaban J connectivity index is 1.52. The predicted molar refractivity (Wildman–Crippen MR) is 106 cm³/mol. The molecule has 5 heteroatoms. The van der Waals surface area contributed by atoms with Gasteiger partial charge in [0, 0.05) is 23.3 Å². The van der Waals surface area contributed by atoms with Crippen LogP contribution in [0.5, 0.6) is 0 Å². The number of quaternary nitrogens is 2. The van der Waals surface area contributed by atoms with E-state index in [4.69, 9.17) is 11.6 Å². The fraction of sp³-hybridized carbons (Fsp3) is 0.381. The first kappa shape index (κ1) is 18.9. The number of carbonyl (C=O) groups excluding carboxylic acids is 1. The zero-order valence-electron chi connectivity index (χ0n) is 15.5. The molecular formula is C21H28ClN3O+2. The average molecular weight is 374 g/mol. The lowest BCUT2D eigenvalue weighted by Crippen LogP contribution is -3.29. The summed E-state index contributed by atoms with van der Waals surface area (Å²) in [7, 11) is 1.87. The van der Waals surface area contributed by atoms with Gasteiger partial charge in [0.15, 0.2) is 6.04 Å². The maximum Gasteiger partial charge on any atom is 0.284 e. The number of carbonyl (C=O) groups is 1.